The Balaban J connectivity index is 2.24. The summed E-state index contributed by atoms with van der Waals surface area (Å²) in [7, 11) is 1.77. The summed E-state index contributed by atoms with van der Waals surface area (Å²) < 4.78 is 0.722. The van der Waals surface area contributed by atoms with E-state index in [1.807, 2.05) is 24.3 Å². The number of rotatable bonds is 3. The Labute approximate surface area is 132 Å². The topological polar surface area (TPSA) is 20.3 Å². The van der Waals surface area contributed by atoms with Crippen molar-refractivity contribution in [2.24, 2.45) is 0 Å². The van der Waals surface area contributed by atoms with Crippen LogP contribution >= 0.6 is 27.5 Å². The van der Waals surface area contributed by atoms with Crippen molar-refractivity contribution in [2.75, 3.05) is 11.9 Å². The standard InChI is InChI=1S/C16H15BrClNO/c1-3-11-4-7-13(8-5-11)19(2)16(20)12-6-9-15(18)14(17)10-12/h4-10H,3H2,1-2H3. The minimum Gasteiger partial charge on any atom is -0.311 e. The highest BCUT2D eigenvalue weighted by atomic mass is 79.9. The third-order valence-electron chi connectivity index (χ3n) is 3.20. The number of amides is 1. The van der Waals surface area contributed by atoms with E-state index in [1.54, 1.807) is 30.1 Å². The SMILES string of the molecule is CCc1ccc(N(C)C(=O)c2ccc(Cl)c(Br)c2)cc1. The number of hydrogen-bond acceptors (Lipinski definition) is 1. The Kier molecular flexibility index (Phi) is 4.84. The summed E-state index contributed by atoms with van der Waals surface area (Å²) in [5.74, 6) is -0.0633. The lowest BCUT2D eigenvalue weighted by molar-refractivity contribution is 0.0993. The van der Waals surface area contributed by atoms with Crippen molar-refractivity contribution in [3.8, 4) is 0 Å². The molecule has 0 aliphatic carbocycles. The van der Waals surface area contributed by atoms with Crippen LogP contribution in [0.15, 0.2) is 46.9 Å². The molecule has 4 heteroatoms. The van der Waals surface area contributed by atoms with E-state index < -0.39 is 0 Å². The van der Waals surface area contributed by atoms with Crippen LogP contribution in [-0.4, -0.2) is 13.0 Å². The van der Waals surface area contributed by atoms with Gasteiger partial charge in [0.05, 0.1) is 5.02 Å². The number of nitrogens with zero attached hydrogens (tertiary/aromatic N) is 1. The minimum atomic E-state index is -0.0633. The first-order valence-electron chi connectivity index (χ1n) is 6.35. The lowest BCUT2D eigenvalue weighted by Crippen LogP contribution is -2.26. The van der Waals surface area contributed by atoms with Crippen LogP contribution in [-0.2, 0) is 6.42 Å². The second-order valence-corrected chi connectivity index (χ2v) is 5.77. The summed E-state index contributed by atoms with van der Waals surface area (Å²) in [5, 5.41) is 0.594. The molecule has 0 saturated heterocycles. The Morgan fingerprint density at radius 2 is 1.85 bits per heavy atom. The van der Waals surface area contributed by atoms with Gasteiger partial charge in [0.1, 0.15) is 0 Å². The zero-order valence-corrected chi connectivity index (χ0v) is 13.7. The van der Waals surface area contributed by atoms with Crippen molar-refractivity contribution < 1.29 is 4.79 Å². The maximum Gasteiger partial charge on any atom is 0.258 e. The summed E-state index contributed by atoms with van der Waals surface area (Å²) in [5.41, 5.74) is 2.73. The molecule has 2 rings (SSSR count). The Morgan fingerprint density at radius 3 is 2.40 bits per heavy atom. The first kappa shape index (κ1) is 15.1. The number of aryl methyl sites for hydroxylation is 1. The maximum atomic E-state index is 12.4. The predicted molar refractivity (Wildman–Crippen MR) is 87.7 cm³/mol. The molecule has 0 heterocycles. The molecule has 0 fully saturated rings. The molecular weight excluding hydrogens is 338 g/mol. The molecule has 0 spiro atoms. The number of carbonyl (C=O) groups is 1. The maximum absolute atomic E-state index is 12.4. The van der Waals surface area contributed by atoms with Gasteiger partial charge in [-0.05, 0) is 58.2 Å². The lowest BCUT2D eigenvalue weighted by Gasteiger charge is -2.18. The molecule has 0 atom stereocenters. The van der Waals surface area contributed by atoms with E-state index >= 15 is 0 Å². The fourth-order valence-electron chi connectivity index (χ4n) is 1.90. The van der Waals surface area contributed by atoms with Gasteiger partial charge in [-0.25, -0.2) is 0 Å². The molecule has 0 radical (unpaired) electrons. The van der Waals surface area contributed by atoms with Crippen LogP contribution in [0.2, 0.25) is 5.02 Å². The first-order valence-corrected chi connectivity index (χ1v) is 7.52. The fraction of sp³-hybridized carbons (Fsp3) is 0.188. The summed E-state index contributed by atoms with van der Waals surface area (Å²) >= 11 is 9.28. The molecule has 20 heavy (non-hydrogen) atoms. The van der Waals surface area contributed by atoms with Gasteiger partial charge in [-0.3, -0.25) is 4.79 Å². The summed E-state index contributed by atoms with van der Waals surface area (Å²) in [6.07, 6.45) is 0.988. The van der Waals surface area contributed by atoms with Gasteiger partial charge in [-0.2, -0.15) is 0 Å². The van der Waals surface area contributed by atoms with Gasteiger partial charge >= 0.3 is 0 Å². The van der Waals surface area contributed by atoms with E-state index in [-0.39, 0.29) is 5.91 Å². The van der Waals surface area contributed by atoms with E-state index in [1.165, 1.54) is 5.56 Å². The molecule has 1 amide bonds. The summed E-state index contributed by atoms with van der Waals surface area (Å²) in [6.45, 7) is 2.11. The predicted octanol–water partition coefficient (Wildman–Crippen LogP) is 4.94. The lowest BCUT2D eigenvalue weighted by atomic mass is 10.1. The van der Waals surface area contributed by atoms with Crippen molar-refractivity contribution in [3.63, 3.8) is 0 Å². The van der Waals surface area contributed by atoms with Crippen LogP contribution in [0.25, 0.3) is 0 Å². The molecule has 0 bridgehead atoms. The fourth-order valence-corrected chi connectivity index (χ4v) is 2.39. The molecule has 0 N–H and O–H groups in total. The quantitative estimate of drug-likeness (QED) is 0.766. The van der Waals surface area contributed by atoms with E-state index in [4.69, 9.17) is 11.6 Å². The van der Waals surface area contributed by atoms with Gasteiger partial charge < -0.3 is 4.90 Å². The number of halogens is 2. The van der Waals surface area contributed by atoms with Gasteiger partial charge in [0.2, 0.25) is 0 Å². The minimum absolute atomic E-state index is 0.0633. The average Bonchev–Trinajstić information content (AvgIpc) is 2.48. The van der Waals surface area contributed by atoms with Crippen molar-refractivity contribution in [2.45, 2.75) is 13.3 Å². The second-order valence-electron chi connectivity index (χ2n) is 4.51. The average molecular weight is 353 g/mol. The van der Waals surface area contributed by atoms with Gasteiger partial charge in [0.15, 0.2) is 0 Å². The zero-order valence-electron chi connectivity index (χ0n) is 11.4. The molecule has 104 valence electrons. The third-order valence-corrected chi connectivity index (χ3v) is 4.42. The van der Waals surface area contributed by atoms with E-state index in [2.05, 4.69) is 22.9 Å². The molecule has 2 aromatic rings. The normalized spacial score (nSPS) is 10.4. The molecular formula is C16H15BrClNO. The Bertz CT molecular complexity index is 625. The molecule has 0 aliphatic rings. The molecule has 0 saturated carbocycles. The Morgan fingerprint density at radius 1 is 1.20 bits per heavy atom. The largest absolute Gasteiger partial charge is 0.311 e. The van der Waals surface area contributed by atoms with E-state index in [9.17, 15) is 4.79 Å². The Hall–Kier alpha value is -1.32. The molecule has 0 unspecified atom stereocenters. The van der Waals surface area contributed by atoms with Crippen molar-refractivity contribution in [1.29, 1.82) is 0 Å². The number of carbonyl (C=O) groups excluding carboxylic acids is 1. The van der Waals surface area contributed by atoms with Crippen LogP contribution in [0, 0.1) is 0 Å². The van der Waals surface area contributed by atoms with Gasteiger partial charge in [-0.1, -0.05) is 30.7 Å². The second kappa shape index (κ2) is 6.42. The number of anilines is 1. The summed E-state index contributed by atoms with van der Waals surface area (Å²) in [4.78, 5) is 14.1. The number of benzene rings is 2. The van der Waals surface area contributed by atoms with Crippen LogP contribution < -0.4 is 4.90 Å². The van der Waals surface area contributed by atoms with Gasteiger partial charge in [0, 0.05) is 22.8 Å². The van der Waals surface area contributed by atoms with Crippen LogP contribution in [0.4, 0.5) is 5.69 Å². The molecule has 2 nitrogen and oxygen atoms in total. The third kappa shape index (κ3) is 3.22. The van der Waals surface area contributed by atoms with E-state index in [0.717, 1.165) is 16.6 Å². The monoisotopic (exact) mass is 351 g/mol. The zero-order chi connectivity index (χ0) is 14.7. The number of hydrogen-bond donors (Lipinski definition) is 0. The van der Waals surface area contributed by atoms with E-state index in [0.29, 0.717) is 10.6 Å². The van der Waals surface area contributed by atoms with Crippen molar-refractivity contribution in [3.05, 3.63) is 63.1 Å². The van der Waals surface area contributed by atoms with Crippen LogP contribution in [0.3, 0.4) is 0 Å². The van der Waals surface area contributed by atoms with Crippen LogP contribution in [0.5, 0.6) is 0 Å². The van der Waals surface area contributed by atoms with Crippen molar-refractivity contribution in [1.82, 2.24) is 0 Å². The molecule has 0 aliphatic heterocycles. The van der Waals surface area contributed by atoms with Gasteiger partial charge in [-0.15, -0.1) is 0 Å². The van der Waals surface area contributed by atoms with Gasteiger partial charge in [0.25, 0.3) is 5.91 Å². The molecule has 0 aromatic heterocycles. The van der Waals surface area contributed by atoms with Crippen LogP contribution in [0.1, 0.15) is 22.8 Å². The van der Waals surface area contributed by atoms with Crippen molar-refractivity contribution >= 4 is 39.1 Å². The highest BCUT2D eigenvalue weighted by Crippen LogP contribution is 2.25. The summed E-state index contributed by atoms with van der Waals surface area (Å²) in [6, 6.07) is 13.2. The highest BCUT2D eigenvalue weighted by molar-refractivity contribution is 9.10. The highest BCUT2D eigenvalue weighted by Gasteiger charge is 2.14. The first-order chi connectivity index (χ1) is 9.52. The molecule has 2 aromatic carbocycles. The smallest absolute Gasteiger partial charge is 0.258 e.